The topological polar surface area (TPSA) is 75.4 Å². The summed E-state index contributed by atoms with van der Waals surface area (Å²) in [6, 6.07) is 9.53. The molecule has 24 heavy (non-hydrogen) atoms. The first-order valence-electron chi connectivity index (χ1n) is 8.43. The number of carbonyl (C=O) groups excluding carboxylic acids is 1. The maximum Gasteiger partial charge on any atom is 0.257 e. The van der Waals surface area contributed by atoms with E-state index in [1.165, 1.54) is 0 Å². The lowest BCUT2D eigenvalue weighted by molar-refractivity contribution is 0.0940. The van der Waals surface area contributed by atoms with Gasteiger partial charge in [0.2, 0.25) is 0 Å². The van der Waals surface area contributed by atoms with E-state index in [2.05, 4.69) is 24.3 Å². The van der Waals surface area contributed by atoms with E-state index in [0.29, 0.717) is 35.9 Å². The third-order valence-electron chi connectivity index (χ3n) is 4.03. The molecule has 1 atom stereocenters. The molecule has 0 aliphatic carbocycles. The second-order valence-corrected chi connectivity index (χ2v) is 6.55. The molecule has 0 radical (unpaired) electrons. The molecule has 1 heterocycles. The summed E-state index contributed by atoms with van der Waals surface area (Å²) in [5, 5.41) is 16.2. The second-order valence-electron chi connectivity index (χ2n) is 6.55. The van der Waals surface area contributed by atoms with Crippen molar-refractivity contribution in [3.63, 3.8) is 0 Å². The van der Waals surface area contributed by atoms with Crippen LogP contribution in [-0.2, 0) is 0 Å². The number of aryl methyl sites for hydroxylation is 1. The number of amides is 1. The van der Waals surface area contributed by atoms with Crippen LogP contribution in [-0.4, -0.2) is 29.3 Å². The Bertz CT molecular complexity index is 650. The zero-order valence-corrected chi connectivity index (χ0v) is 14.6. The Morgan fingerprint density at radius 2 is 2.00 bits per heavy atom. The molecule has 0 spiro atoms. The fourth-order valence-electron chi connectivity index (χ4n) is 2.91. The van der Waals surface area contributed by atoms with Crippen LogP contribution in [0.15, 0.2) is 34.9 Å². The highest BCUT2D eigenvalue weighted by atomic mass is 16.5. The zero-order valence-electron chi connectivity index (χ0n) is 14.6. The average Bonchev–Trinajstić information content (AvgIpc) is 2.94. The number of nitrogens with one attached hydrogen (secondary N) is 1. The van der Waals surface area contributed by atoms with Gasteiger partial charge in [0.1, 0.15) is 17.0 Å². The van der Waals surface area contributed by atoms with Gasteiger partial charge < -0.3 is 14.9 Å². The van der Waals surface area contributed by atoms with Crippen molar-refractivity contribution < 1.29 is 14.4 Å². The van der Waals surface area contributed by atoms with Gasteiger partial charge >= 0.3 is 0 Å². The molecule has 130 valence electrons. The van der Waals surface area contributed by atoms with Crippen LogP contribution in [0.4, 0.5) is 0 Å². The summed E-state index contributed by atoms with van der Waals surface area (Å²) in [5.74, 6) is 1.11. The number of aromatic nitrogens is 1. The van der Waals surface area contributed by atoms with Gasteiger partial charge in [0, 0.05) is 18.7 Å². The van der Waals surface area contributed by atoms with Gasteiger partial charge in [0.25, 0.3) is 5.91 Å². The molecule has 1 aromatic heterocycles. The third kappa shape index (κ3) is 4.68. The largest absolute Gasteiger partial charge is 0.396 e. The van der Waals surface area contributed by atoms with Crippen LogP contribution in [0.1, 0.15) is 42.8 Å². The number of nitrogens with zero attached hydrogens (tertiary/aromatic N) is 1. The molecule has 0 aliphatic rings. The molecular weight excluding hydrogens is 304 g/mol. The predicted octanol–water partition coefficient (Wildman–Crippen LogP) is 3.42. The first kappa shape index (κ1) is 18.2. The van der Waals surface area contributed by atoms with Crippen molar-refractivity contribution in [2.75, 3.05) is 13.2 Å². The summed E-state index contributed by atoms with van der Waals surface area (Å²) in [4.78, 5) is 12.6. The van der Waals surface area contributed by atoms with Gasteiger partial charge in [-0.2, -0.15) is 0 Å². The smallest absolute Gasteiger partial charge is 0.257 e. The quantitative estimate of drug-likeness (QED) is 0.777. The van der Waals surface area contributed by atoms with Gasteiger partial charge in [0.15, 0.2) is 0 Å². The standard InChI is InChI=1S/C19H26N2O3/c1-13(2)11-15(9-10-22)12-20-19(23)17-14(3)24-21-18(17)16-7-5-4-6-8-16/h4-8,13,15,22H,9-12H2,1-3H3,(H,20,23). The van der Waals surface area contributed by atoms with Crippen LogP contribution in [0.3, 0.4) is 0 Å². The number of rotatable bonds is 8. The Kier molecular flexibility index (Phi) is 6.55. The van der Waals surface area contributed by atoms with E-state index >= 15 is 0 Å². The molecule has 5 nitrogen and oxygen atoms in total. The van der Waals surface area contributed by atoms with Crippen molar-refractivity contribution in [1.29, 1.82) is 0 Å². The summed E-state index contributed by atoms with van der Waals surface area (Å²) in [7, 11) is 0. The molecule has 1 amide bonds. The Morgan fingerprint density at radius 1 is 1.29 bits per heavy atom. The molecule has 5 heteroatoms. The van der Waals surface area contributed by atoms with Crippen molar-refractivity contribution in [2.24, 2.45) is 11.8 Å². The lowest BCUT2D eigenvalue weighted by Gasteiger charge is -2.18. The van der Waals surface area contributed by atoms with Gasteiger partial charge in [-0.05, 0) is 31.6 Å². The van der Waals surface area contributed by atoms with E-state index in [9.17, 15) is 9.90 Å². The van der Waals surface area contributed by atoms with Crippen molar-refractivity contribution in [3.05, 3.63) is 41.7 Å². The van der Waals surface area contributed by atoms with E-state index in [-0.39, 0.29) is 18.4 Å². The molecule has 1 unspecified atom stereocenters. The normalized spacial score (nSPS) is 12.4. The molecule has 2 rings (SSSR count). The number of benzene rings is 1. The van der Waals surface area contributed by atoms with Crippen LogP contribution in [0.5, 0.6) is 0 Å². The Balaban J connectivity index is 2.11. The third-order valence-corrected chi connectivity index (χ3v) is 4.03. The Morgan fingerprint density at radius 3 is 2.62 bits per heavy atom. The SMILES string of the molecule is Cc1onc(-c2ccccc2)c1C(=O)NCC(CCO)CC(C)C. The van der Waals surface area contributed by atoms with E-state index in [4.69, 9.17) is 4.52 Å². The van der Waals surface area contributed by atoms with Crippen LogP contribution >= 0.6 is 0 Å². The number of carbonyl (C=O) groups is 1. The Hall–Kier alpha value is -2.14. The van der Waals surface area contributed by atoms with E-state index in [1.54, 1.807) is 6.92 Å². The minimum atomic E-state index is -0.181. The summed E-state index contributed by atoms with van der Waals surface area (Å²) < 4.78 is 5.24. The molecular formula is C19H26N2O3. The highest BCUT2D eigenvalue weighted by Crippen LogP contribution is 2.25. The summed E-state index contributed by atoms with van der Waals surface area (Å²) in [6.07, 6.45) is 1.65. The molecule has 0 saturated carbocycles. The molecule has 0 fully saturated rings. The van der Waals surface area contributed by atoms with Crippen molar-refractivity contribution in [1.82, 2.24) is 10.5 Å². The lowest BCUT2D eigenvalue weighted by Crippen LogP contribution is -2.31. The average molecular weight is 330 g/mol. The van der Waals surface area contributed by atoms with Gasteiger partial charge in [-0.3, -0.25) is 4.79 Å². The van der Waals surface area contributed by atoms with Crippen molar-refractivity contribution >= 4 is 5.91 Å². The molecule has 2 aromatic rings. The summed E-state index contributed by atoms with van der Waals surface area (Å²) in [5.41, 5.74) is 1.90. The minimum Gasteiger partial charge on any atom is -0.396 e. The molecule has 1 aromatic carbocycles. The molecule has 0 aliphatic heterocycles. The zero-order chi connectivity index (χ0) is 17.5. The second kappa shape index (κ2) is 8.64. The van der Waals surface area contributed by atoms with Gasteiger partial charge in [0.05, 0.1) is 0 Å². The lowest BCUT2D eigenvalue weighted by atomic mass is 9.94. The van der Waals surface area contributed by atoms with Gasteiger partial charge in [-0.1, -0.05) is 49.3 Å². The van der Waals surface area contributed by atoms with E-state index in [0.717, 1.165) is 12.0 Å². The van der Waals surface area contributed by atoms with E-state index < -0.39 is 0 Å². The van der Waals surface area contributed by atoms with Crippen LogP contribution in [0, 0.1) is 18.8 Å². The van der Waals surface area contributed by atoms with Gasteiger partial charge in [-0.15, -0.1) is 0 Å². The minimum absolute atomic E-state index is 0.134. The number of hydrogen-bond acceptors (Lipinski definition) is 4. The fraction of sp³-hybridized carbons (Fsp3) is 0.474. The van der Waals surface area contributed by atoms with Crippen molar-refractivity contribution in [3.8, 4) is 11.3 Å². The fourth-order valence-corrected chi connectivity index (χ4v) is 2.91. The monoisotopic (exact) mass is 330 g/mol. The predicted molar refractivity (Wildman–Crippen MR) is 93.7 cm³/mol. The maximum atomic E-state index is 12.6. The Labute approximate surface area is 143 Å². The first-order valence-corrected chi connectivity index (χ1v) is 8.43. The van der Waals surface area contributed by atoms with Crippen LogP contribution < -0.4 is 5.32 Å². The first-order chi connectivity index (χ1) is 11.5. The number of aliphatic hydroxyl groups excluding tert-OH is 1. The van der Waals surface area contributed by atoms with E-state index in [1.807, 2.05) is 30.3 Å². The number of aliphatic hydroxyl groups is 1. The number of hydrogen-bond donors (Lipinski definition) is 2. The molecule has 2 N–H and O–H groups in total. The van der Waals surface area contributed by atoms with Gasteiger partial charge in [-0.25, -0.2) is 0 Å². The van der Waals surface area contributed by atoms with Crippen LogP contribution in [0.2, 0.25) is 0 Å². The molecule has 0 bridgehead atoms. The summed E-state index contributed by atoms with van der Waals surface area (Å²) >= 11 is 0. The van der Waals surface area contributed by atoms with Crippen LogP contribution in [0.25, 0.3) is 11.3 Å². The molecule has 0 saturated heterocycles. The summed E-state index contributed by atoms with van der Waals surface area (Å²) in [6.45, 7) is 6.70. The highest BCUT2D eigenvalue weighted by molar-refractivity contribution is 6.00. The van der Waals surface area contributed by atoms with Crippen molar-refractivity contribution in [2.45, 2.75) is 33.6 Å². The highest BCUT2D eigenvalue weighted by Gasteiger charge is 2.22. The maximum absolute atomic E-state index is 12.6.